The van der Waals surface area contributed by atoms with Crippen molar-refractivity contribution in [3.05, 3.63) is 0 Å². The molecule has 0 spiro atoms. The zero-order valence-corrected chi connectivity index (χ0v) is 12.1. The molecule has 8 heteroatoms. The third kappa shape index (κ3) is 3.93. The van der Waals surface area contributed by atoms with Crippen LogP contribution >= 0.6 is 24.0 Å². The molecule has 0 aliphatic carbocycles. The fourth-order valence-electron chi connectivity index (χ4n) is 2.21. The lowest BCUT2D eigenvalue weighted by molar-refractivity contribution is -0.159. The first-order valence-corrected chi connectivity index (χ1v) is 7.91. The molecule has 0 amide bonds. The summed E-state index contributed by atoms with van der Waals surface area (Å²) in [5.74, 6) is 2.16. The van der Waals surface area contributed by atoms with Gasteiger partial charge in [-0.05, 0) is 24.4 Å². The Hall–Kier alpha value is -0.120. The van der Waals surface area contributed by atoms with E-state index in [1.54, 1.807) is 0 Å². The minimum absolute atomic E-state index is 0.199. The Balaban J connectivity index is 1.80. The standard InChI is InChI=1S/C11H20N2O4S2/c14-3-8-10(16)9(15)7(4-17-8)13-11(18)12-6-1-2-19-5-6/h6-10,14-16H,1-5H2,(H2,12,13,18)/t6?,7-,8+,9+,10+/m0/s1. The average Bonchev–Trinajstić information content (AvgIpc) is 2.88. The maximum atomic E-state index is 9.95. The van der Waals surface area contributed by atoms with Crippen molar-refractivity contribution >= 4 is 29.1 Å². The molecule has 0 aromatic heterocycles. The molecule has 5 atom stereocenters. The molecular formula is C11H20N2O4S2. The molecule has 0 aromatic carbocycles. The predicted octanol–water partition coefficient (Wildman–Crippen LogP) is -1.56. The first kappa shape index (κ1) is 15.3. The fourth-order valence-corrected chi connectivity index (χ4v) is 3.68. The summed E-state index contributed by atoms with van der Waals surface area (Å²) in [6.07, 6.45) is -1.78. The van der Waals surface area contributed by atoms with E-state index < -0.39 is 24.4 Å². The number of thioether (sulfide) groups is 1. The summed E-state index contributed by atoms with van der Waals surface area (Å²) >= 11 is 7.07. The van der Waals surface area contributed by atoms with Crippen LogP contribution in [-0.4, -0.2) is 75.5 Å². The lowest BCUT2D eigenvalue weighted by atomic mass is 9.98. The highest BCUT2D eigenvalue weighted by Crippen LogP contribution is 2.18. The highest BCUT2D eigenvalue weighted by atomic mass is 32.2. The van der Waals surface area contributed by atoms with E-state index in [1.165, 1.54) is 0 Å². The Morgan fingerprint density at radius 1 is 1.32 bits per heavy atom. The average molecular weight is 308 g/mol. The van der Waals surface area contributed by atoms with Crippen molar-refractivity contribution < 1.29 is 20.1 Å². The van der Waals surface area contributed by atoms with Gasteiger partial charge in [0.15, 0.2) is 5.11 Å². The Morgan fingerprint density at radius 3 is 2.74 bits per heavy atom. The van der Waals surface area contributed by atoms with Gasteiger partial charge in [0.25, 0.3) is 0 Å². The molecule has 6 nitrogen and oxygen atoms in total. The van der Waals surface area contributed by atoms with Gasteiger partial charge in [0, 0.05) is 11.8 Å². The largest absolute Gasteiger partial charge is 0.394 e. The summed E-state index contributed by atoms with van der Waals surface area (Å²) in [6.45, 7) is -0.113. The summed E-state index contributed by atoms with van der Waals surface area (Å²) < 4.78 is 5.28. The first-order valence-electron chi connectivity index (χ1n) is 6.35. The van der Waals surface area contributed by atoms with E-state index in [0.29, 0.717) is 11.2 Å². The number of aliphatic hydroxyl groups is 3. The van der Waals surface area contributed by atoms with E-state index in [-0.39, 0.29) is 13.2 Å². The van der Waals surface area contributed by atoms with Crippen LogP contribution < -0.4 is 10.6 Å². The molecule has 5 N–H and O–H groups in total. The minimum atomic E-state index is -1.11. The maximum Gasteiger partial charge on any atom is 0.166 e. The van der Waals surface area contributed by atoms with Crippen LogP contribution in [0.2, 0.25) is 0 Å². The van der Waals surface area contributed by atoms with Gasteiger partial charge in [-0.3, -0.25) is 0 Å². The van der Waals surface area contributed by atoms with Crippen molar-refractivity contribution in [3.63, 3.8) is 0 Å². The lowest BCUT2D eigenvalue weighted by Crippen LogP contribution is -2.61. The molecule has 2 saturated heterocycles. The van der Waals surface area contributed by atoms with Crippen molar-refractivity contribution in [2.75, 3.05) is 24.7 Å². The Labute approximate surface area is 121 Å². The second kappa shape index (κ2) is 7.05. The molecule has 2 aliphatic heterocycles. The maximum absolute atomic E-state index is 9.95. The Kier molecular flexibility index (Phi) is 5.67. The number of hydrogen-bond donors (Lipinski definition) is 5. The van der Waals surface area contributed by atoms with Crippen molar-refractivity contribution in [3.8, 4) is 0 Å². The van der Waals surface area contributed by atoms with Gasteiger partial charge >= 0.3 is 0 Å². The lowest BCUT2D eigenvalue weighted by Gasteiger charge is -2.37. The quantitative estimate of drug-likeness (QED) is 0.400. The van der Waals surface area contributed by atoms with E-state index >= 15 is 0 Å². The monoisotopic (exact) mass is 308 g/mol. The summed E-state index contributed by atoms with van der Waals surface area (Å²) in [7, 11) is 0. The molecule has 2 fully saturated rings. The fraction of sp³-hybridized carbons (Fsp3) is 0.909. The molecule has 19 heavy (non-hydrogen) atoms. The van der Waals surface area contributed by atoms with Crippen molar-refractivity contribution in [1.29, 1.82) is 0 Å². The first-order chi connectivity index (χ1) is 9.11. The third-order valence-electron chi connectivity index (χ3n) is 3.39. The van der Waals surface area contributed by atoms with E-state index in [4.69, 9.17) is 22.1 Å². The van der Waals surface area contributed by atoms with Gasteiger partial charge < -0.3 is 30.7 Å². The second-order valence-electron chi connectivity index (χ2n) is 4.82. The van der Waals surface area contributed by atoms with Crippen molar-refractivity contribution in [2.45, 2.75) is 36.8 Å². The molecule has 0 radical (unpaired) electrons. The van der Waals surface area contributed by atoms with E-state index in [0.717, 1.165) is 17.9 Å². The van der Waals surface area contributed by atoms with E-state index in [9.17, 15) is 10.2 Å². The Bertz CT molecular complexity index is 315. The summed E-state index contributed by atoms with van der Waals surface area (Å²) in [6, 6.07) is -0.103. The Morgan fingerprint density at radius 2 is 2.11 bits per heavy atom. The molecule has 2 aliphatic rings. The van der Waals surface area contributed by atoms with Gasteiger partial charge in [-0.2, -0.15) is 11.8 Å². The number of nitrogens with one attached hydrogen (secondary N) is 2. The highest BCUT2D eigenvalue weighted by molar-refractivity contribution is 7.99. The molecule has 0 bridgehead atoms. The van der Waals surface area contributed by atoms with Crippen LogP contribution in [0.5, 0.6) is 0 Å². The normalized spacial score (nSPS) is 39.0. The van der Waals surface area contributed by atoms with Gasteiger partial charge in [0.05, 0.1) is 19.3 Å². The van der Waals surface area contributed by atoms with Crippen LogP contribution in [0, 0.1) is 0 Å². The van der Waals surface area contributed by atoms with E-state index in [2.05, 4.69) is 10.6 Å². The molecule has 0 saturated carbocycles. The van der Waals surface area contributed by atoms with Gasteiger partial charge in [0.2, 0.25) is 0 Å². The van der Waals surface area contributed by atoms with Crippen molar-refractivity contribution in [2.24, 2.45) is 0 Å². The minimum Gasteiger partial charge on any atom is -0.394 e. The molecular weight excluding hydrogens is 288 g/mol. The van der Waals surface area contributed by atoms with E-state index in [1.807, 2.05) is 11.8 Å². The van der Waals surface area contributed by atoms with Gasteiger partial charge in [0.1, 0.15) is 18.3 Å². The number of rotatable bonds is 3. The number of hydrogen-bond acceptors (Lipinski definition) is 6. The highest BCUT2D eigenvalue weighted by Gasteiger charge is 2.38. The zero-order valence-electron chi connectivity index (χ0n) is 10.5. The number of thiocarbonyl (C=S) groups is 1. The molecule has 110 valence electrons. The molecule has 2 rings (SSSR count). The molecule has 1 unspecified atom stereocenters. The number of aliphatic hydroxyl groups excluding tert-OH is 3. The number of ether oxygens (including phenoxy) is 1. The van der Waals surface area contributed by atoms with Crippen LogP contribution in [-0.2, 0) is 4.74 Å². The third-order valence-corrected chi connectivity index (χ3v) is 4.79. The van der Waals surface area contributed by atoms with Crippen LogP contribution in [0.1, 0.15) is 6.42 Å². The van der Waals surface area contributed by atoms with Crippen LogP contribution in [0.15, 0.2) is 0 Å². The SMILES string of the molecule is OC[C@H]1OC[C@H](NC(=S)NC2CCSC2)[C@@H](O)[C@@H]1O. The smallest absolute Gasteiger partial charge is 0.166 e. The van der Waals surface area contributed by atoms with Gasteiger partial charge in [-0.25, -0.2) is 0 Å². The van der Waals surface area contributed by atoms with Gasteiger partial charge in [-0.15, -0.1) is 0 Å². The summed E-state index contributed by atoms with van der Waals surface area (Å²) in [5.41, 5.74) is 0. The van der Waals surface area contributed by atoms with Crippen LogP contribution in [0.25, 0.3) is 0 Å². The summed E-state index contributed by atoms with van der Waals surface area (Å²) in [4.78, 5) is 0. The zero-order chi connectivity index (χ0) is 13.8. The van der Waals surface area contributed by atoms with Crippen LogP contribution in [0.3, 0.4) is 0 Å². The second-order valence-corrected chi connectivity index (χ2v) is 6.38. The predicted molar refractivity (Wildman–Crippen MR) is 77.2 cm³/mol. The van der Waals surface area contributed by atoms with Crippen molar-refractivity contribution in [1.82, 2.24) is 10.6 Å². The molecule has 2 heterocycles. The van der Waals surface area contributed by atoms with Gasteiger partial charge in [-0.1, -0.05) is 0 Å². The van der Waals surface area contributed by atoms with Crippen LogP contribution in [0.4, 0.5) is 0 Å². The summed E-state index contributed by atoms with van der Waals surface area (Å²) in [5, 5.41) is 35.3. The topological polar surface area (TPSA) is 94.0 Å². The molecule has 0 aromatic rings.